The Hall–Kier alpha value is -2.68. The average molecular weight is 404 g/mol. The predicted molar refractivity (Wildman–Crippen MR) is 55.3 cm³/mol. The number of ether oxygens (including phenoxy) is 2. The molecule has 26 heavy (non-hydrogen) atoms. The van der Waals surface area contributed by atoms with E-state index in [1.807, 2.05) is 0 Å². The zero-order chi connectivity index (χ0) is 20.6. The van der Waals surface area contributed by atoms with Gasteiger partial charge in [0.15, 0.2) is 0 Å². The van der Waals surface area contributed by atoms with Crippen LogP contribution >= 0.6 is 0 Å². The summed E-state index contributed by atoms with van der Waals surface area (Å²) in [5.41, 5.74) is 0. The number of esters is 2. The van der Waals surface area contributed by atoms with Crippen LogP contribution in [0.25, 0.3) is 0 Å². The standard InChI is InChI=1S/C10H2F10N2O4/c11-7(12,9(15,16)17)5(23)25-3-1-4(22-2-21-3)26-6(24)8(13,14)10(18,19)20/h1-2H. The number of rotatable bonds is 4. The Morgan fingerprint density at radius 1 is 0.692 bits per heavy atom. The Balaban J connectivity index is 2.97. The minimum atomic E-state index is -6.35. The molecular formula is C10H2F10N2O4. The summed E-state index contributed by atoms with van der Waals surface area (Å²) in [5.74, 6) is -21.3. The second-order valence-electron chi connectivity index (χ2n) is 4.12. The first-order valence-electron chi connectivity index (χ1n) is 5.66. The second kappa shape index (κ2) is 6.56. The molecule has 0 aliphatic rings. The Morgan fingerprint density at radius 2 is 1.00 bits per heavy atom. The molecule has 0 bridgehead atoms. The molecule has 1 rings (SSSR count). The number of aromatic nitrogens is 2. The van der Waals surface area contributed by atoms with Crippen LogP contribution in [0.15, 0.2) is 12.4 Å². The summed E-state index contributed by atoms with van der Waals surface area (Å²) in [5, 5.41) is 0. The normalized spacial score (nSPS) is 13.3. The number of hydrogen-bond acceptors (Lipinski definition) is 6. The molecule has 0 aliphatic carbocycles. The van der Waals surface area contributed by atoms with E-state index in [1.54, 1.807) is 0 Å². The van der Waals surface area contributed by atoms with Crippen molar-refractivity contribution in [1.82, 2.24) is 9.97 Å². The van der Waals surface area contributed by atoms with Gasteiger partial charge in [0.25, 0.3) is 0 Å². The van der Waals surface area contributed by atoms with Crippen LogP contribution in [0.4, 0.5) is 43.9 Å². The van der Waals surface area contributed by atoms with Crippen molar-refractivity contribution in [1.29, 1.82) is 0 Å². The third kappa shape index (κ3) is 4.29. The van der Waals surface area contributed by atoms with Gasteiger partial charge in [-0.25, -0.2) is 19.6 Å². The summed E-state index contributed by atoms with van der Waals surface area (Å²) in [4.78, 5) is 27.2. The van der Waals surface area contributed by atoms with Crippen molar-refractivity contribution in [2.24, 2.45) is 0 Å². The first kappa shape index (κ1) is 21.4. The van der Waals surface area contributed by atoms with Gasteiger partial charge in [-0.3, -0.25) is 0 Å². The molecular weight excluding hydrogens is 402 g/mol. The number of alkyl halides is 10. The summed E-state index contributed by atoms with van der Waals surface area (Å²) < 4.78 is 129. The summed E-state index contributed by atoms with van der Waals surface area (Å²) >= 11 is 0. The lowest BCUT2D eigenvalue weighted by Gasteiger charge is -2.18. The second-order valence-corrected chi connectivity index (χ2v) is 4.12. The van der Waals surface area contributed by atoms with Crippen LogP contribution in [-0.4, -0.2) is 46.1 Å². The molecule has 0 N–H and O–H groups in total. The molecule has 1 aromatic rings. The van der Waals surface area contributed by atoms with E-state index >= 15 is 0 Å². The highest BCUT2D eigenvalue weighted by molar-refractivity contribution is 5.81. The highest BCUT2D eigenvalue weighted by Crippen LogP contribution is 2.38. The largest absolute Gasteiger partial charge is 0.465 e. The van der Waals surface area contributed by atoms with Gasteiger partial charge in [-0.1, -0.05) is 0 Å². The molecule has 0 aliphatic heterocycles. The van der Waals surface area contributed by atoms with Crippen LogP contribution in [0.2, 0.25) is 0 Å². The molecule has 0 saturated heterocycles. The van der Waals surface area contributed by atoms with Crippen molar-refractivity contribution in [3.63, 3.8) is 0 Å². The van der Waals surface area contributed by atoms with Gasteiger partial charge in [0.2, 0.25) is 11.8 Å². The van der Waals surface area contributed by atoms with Gasteiger partial charge in [-0.2, -0.15) is 43.9 Å². The SMILES string of the molecule is O=C(Oc1cc(OC(=O)C(F)(F)C(F)(F)F)ncn1)C(F)(F)C(F)(F)F. The van der Waals surface area contributed by atoms with Crippen LogP contribution in [0.1, 0.15) is 0 Å². The van der Waals surface area contributed by atoms with Crippen molar-refractivity contribution < 1.29 is 63.0 Å². The third-order valence-electron chi connectivity index (χ3n) is 2.24. The van der Waals surface area contributed by atoms with E-state index in [0.29, 0.717) is 0 Å². The smallest absolute Gasteiger partial charge is 0.402 e. The number of carbonyl (C=O) groups excluding carboxylic acids is 2. The molecule has 6 nitrogen and oxygen atoms in total. The molecule has 1 aromatic heterocycles. The highest BCUT2D eigenvalue weighted by Gasteiger charge is 2.66. The fourth-order valence-electron chi connectivity index (χ4n) is 0.984. The fourth-order valence-corrected chi connectivity index (χ4v) is 0.984. The quantitative estimate of drug-likeness (QED) is 0.568. The topological polar surface area (TPSA) is 78.4 Å². The summed E-state index contributed by atoms with van der Waals surface area (Å²) in [6.45, 7) is 0. The van der Waals surface area contributed by atoms with Crippen molar-refractivity contribution in [2.75, 3.05) is 0 Å². The minimum absolute atomic E-state index is 0.0469. The van der Waals surface area contributed by atoms with Crippen LogP contribution in [-0.2, 0) is 9.59 Å². The maximum Gasteiger partial charge on any atom is 0.465 e. The Kier molecular flexibility index (Phi) is 5.39. The van der Waals surface area contributed by atoms with E-state index in [-0.39, 0.29) is 12.4 Å². The molecule has 0 radical (unpaired) electrons. The maximum atomic E-state index is 12.7. The summed E-state index contributed by atoms with van der Waals surface area (Å²) in [6.07, 6.45) is -12.5. The Morgan fingerprint density at radius 3 is 1.27 bits per heavy atom. The van der Waals surface area contributed by atoms with Gasteiger partial charge in [0, 0.05) is 0 Å². The molecule has 1 heterocycles. The van der Waals surface area contributed by atoms with Crippen LogP contribution < -0.4 is 9.47 Å². The third-order valence-corrected chi connectivity index (χ3v) is 2.24. The maximum absolute atomic E-state index is 12.7. The average Bonchev–Trinajstić information content (AvgIpc) is 2.44. The van der Waals surface area contributed by atoms with Crippen LogP contribution in [0.3, 0.4) is 0 Å². The predicted octanol–water partition coefficient (Wildman–Crippen LogP) is 2.68. The molecule has 0 saturated carbocycles. The Labute approximate surface area is 134 Å². The van der Waals surface area contributed by atoms with E-state index < -0.39 is 47.9 Å². The van der Waals surface area contributed by atoms with Crippen molar-refractivity contribution in [2.45, 2.75) is 24.2 Å². The van der Waals surface area contributed by atoms with E-state index in [9.17, 15) is 53.5 Å². The molecule has 0 unspecified atom stereocenters. The van der Waals surface area contributed by atoms with Gasteiger partial charge in [0.05, 0.1) is 6.07 Å². The zero-order valence-corrected chi connectivity index (χ0v) is 11.5. The molecule has 16 heteroatoms. The van der Waals surface area contributed by atoms with Crippen LogP contribution in [0.5, 0.6) is 11.8 Å². The molecule has 0 spiro atoms. The number of carbonyl (C=O) groups is 2. The van der Waals surface area contributed by atoms with Gasteiger partial charge >= 0.3 is 36.1 Å². The zero-order valence-electron chi connectivity index (χ0n) is 11.5. The molecule has 0 atom stereocenters. The number of nitrogens with zero attached hydrogens (tertiary/aromatic N) is 2. The molecule has 0 fully saturated rings. The first-order valence-corrected chi connectivity index (χ1v) is 5.66. The molecule has 0 amide bonds. The van der Waals surface area contributed by atoms with E-state index in [1.165, 1.54) is 0 Å². The monoisotopic (exact) mass is 404 g/mol. The summed E-state index contributed by atoms with van der Waals surface area (Å²) in [7, 11) is 0. The Bertz CT molecular complexity index is 645. The van der Waals surface area contributed by atoms with E-state index in [4.69, 9.17) is 0 Å². The van der Waals surface area contributed by atoms with Gasteiger partial charge in [-0.05, 0) is 0 Å². The molecule has 0 aromatic carbocycles. The van der Waals surface area contributed by atoms with Crippen LogP contribution in [0, 0.1) is 0 Å². The van der Waals surface area contributed by atoms with Gasteiger partial charge < -0.3 is 9.47 Å². The van der Waals surface area contributed by atoms with Crippen molar-refractivity contribution >= 4 is 11.9 Å². The minimum Gasteiger partial charge on any atom is -0.402 e. The lowest BCUT2D eigenvalue weighted by molar-refractivity contribution is -0.276. The summed E-state index contributed by atoms with van der Waals surface area (Å²) in [6, 6.07) is -0.0469. The number of hydrogen-bond donors (Lipinski definition) is 0. The van der Waals surface area contributed by atoms with Crippen molar-refractivity contribution in [3.8, 4) is 11.8 Å². The fraction of sp³-hybridized carbons (Fsp3) is 0.400. The number of halogens is 10. The van der Waals surface area contributed by atoms with E-state index in [2.05, 4.69) is 19.4 Å². The van der Waals surface area contributed by atoms with E-state index in [0.717, 1.165) is 0 Å². The molecule has 146 valence electrons. The highest BCUT2D eigenvalue weighted by atomic mass is 19.4. The van der Waals surface area contributed by atoms with Gasteiger partial charge in [0.1, 0.15) is 6.33 Å². The lowest BCUT2D eigenvalue weighted by atomic mass is 10.3. The first-order chi connectivity index (χ1) is 11.5. The lowest BCUT2D eigenvalue weighted by Crippen LogP contribution is -2.46. The van der Waals surface area contributed by atoms with Crippen molar-refractivity contribution in [3.05, 3.63) is 12.4 Å². The van der Waals surface area contributed by atoms with Gasteiger partial charge in [-0.15, -0.1) is 0 Å².